The molecule has 0 aliphatic carbocycles. The molecule has 0 unspecified atom stereocenters. The lowest BCUT2D eigenvalue weighted by Crippen LogP contribution is -2.32. The van der Waals surface area contributed by atoms with E-state index >= 15 is 0 Å². The zero-order valence-electron chi connectivity index (χ0n) is 20.8. The molecule has 0 spiro atoms. The highest BCUT2D eigenvalue weighted by Crippen LogP contribution is 2.10. The van der Waals surface area contributed by atoms with Crippen LogP contribution in [-0.4, -0.2) is 80.6 Å². The van der Waals surface area contributed by atoms with Gasteiger partial charge in [0.2, 0.25) is 0 Å². The lowest BCUT2D eigenvalue weighted by molar-refractivity contribution is -0.139. The Morgan fingerprint density at radius 3 is 1.58 bits per heavy atom. The maximum Gasteiger partial charge on any atom is 0.320 e. The largest absolute Gasteiger partial charge is 0.508 e. The Morgan fingerprint density at radius 2 is 1.26 bits per heavy atom. The van der Waals surface area contributed by atoms with Crippen molar-refractivity contribution in [3.05, 3.63) is 65.7 Å². The number of carboxylic acids is 4. The van der Waals surface area contributed by atoms with Crippen LogP contribution >= 0.6 is 0 Å². The highest BCUT2D eigenvalue weighted by Gasteiger charge is 2.20. The zero-order valence-corrected chi connectivity index (χ0v) is 20.8. The monoisotopic (exact) mass is 536 g/mol. The normalized spacial score (nSPS) is 15.1. The van der Waals surface area contributed by atoms with Crippen molar-refractivity contribution in [3.8, 4) is 5.75 Å². The van der Waals surface area contributed by atoms with Crippen molar-refractivity contribution < 1.29 is 44.7 Å². The number of aromatic hydroxyl groups is 1. The Morgan fingerprint density at radius 1 is 0.816 bits per heavy atom. The molecule has 0 radical (unpaired) electrons. The van der Waals surface area contributed by atoms with Crippen molar-refractivity contribution in [2.75, 3.05) is 13.1 Å². The molecule has 2 aromatic rings. The first kappa shape index (κ1) is 34.0. The Bertz CT molecular complexity index is 982. The quantitative estimate of drug-likeness (QED) is 0.213. The van der Waals surface area contributed by atoms with Gasteiger partial charge in [0.05, 0.1) is 6.54 Å². The van der Waals surface area contributed by atoms with Gasteiger partial charge in [-0.2, -0.15) is 0 Å². The summed E-state index contributed by atoms with van der Waals surface area (Å²) in [6.45, 7) is 0.580. The third-order valence-electron chi connectivity index (χ3n) is 4.86. The average Bonchev–Trinajstić information content (AvgIpc) is 3.43. The van der Waals surface area contributed by atoms with Gasteiger partial charge in [-0.05, 0) is 55.5 Å². The summed E-state index contributed by atoms with van der Waals surface area (Å²) < 4.78 is 0. The number of hydrogen-bond acceptors (Lipinski definition) is 9. The van der Waals surface area contributed by atoms with E-state index in [4.69, 9.17) is 37.0 Å². The first-order valence-corrected chi connectivity index (χ1v) is 11.5. The number of rotatable bonds is 8. The number of nitrogens with two attached hydrogens (primary N) is 3. The number of aliphatic carboxylic acids is 4. The third kappa shape index (κ3) is 16.6. The fourth-order valence-electron chi connectivity index (χ4n) is 2.82. The number of benzene rings is 2. The number of nitrogens with one attached hydrogen (secondary N) is 1. The number of hydrogen-bond donors (Lipinski definition) is 9. The highest BCUT2D eigenvalue weighted by molar-refractivity contribution is 5.74. The molecule has 2 aromatic carbocycles. The van der Waals surface area contributed by atoms with Crippen LogP contribution in [0.5, 0.6) is 5.75 Å². The van der Waals surface area contributed by atoms with Gasteiger partial charge in [-0.25, -0.2) is 0 Å². The summed E-state index contributed by atoms with van der Waals surface area (Å²) >= 11 is 0. The lowest BCUT2D eigenvalue weighted by Gasteiger charge is -2.05. The fraction of sp³-hybridized carbons (Fsp3) is 0.360. The minimum absolute atomic E-state index is 0.160. The second kappa shape index (κ2) is 19.1. The van der Waals surface area contributed by atoms with Gasteiger partial charge >= 0.3 is 23.9 Å². The molecule has 210 valence electrons. The number of carbonyl (C=O) groups is 4. The Hall–Kier alpha value is -4.04. The van der Waals surface area contributed by atoms with Crippen LogP contribution in [-0.2, 0) is 32.0 Å². The molecule has 13 heteroatoms. The number of phenolic OH excluding ortho intramolecular Hbond substituents is 1. The molecule has 13 nitrogen and oxygen atoms in total. The molecule has 0 aromatic heterocycles. The fourth-order valence-corrected chi connectivity index (χ4v) is 2.82. The van der Waals surface area contributed by atoms with Gasteiger partial charge in [-0.1, -0.05) is 42.5 Å². The third-order valence-corrected chi connectivity index (χ3v) is 4.86. The summed E-state index contributed by atoms with van der Waals surface area (Å²) in [5, 5.41) is 44.8. The molecule has 1 heterocycles. The molecule has 1 fully saturated rings. The topological polar surface area (TPSA) is 260 Å². The van der Waals surface area contributed by atoms with E-state index in [0.29, 0.717) is 6.42 Å². The van der Waals surface area contributed by atoms with E-state index in [2.05, 4.69) is 11.1 Å². The molecule has 0 saturated carbocycles. The van der Waals surface area contributed by atoms with Gasteiger partial charge in [-0.3, -0.25) is 19.2 Å². The van der Waals surface area contributed by atoms with Gasteiger partial charge in [0.15, 0.2) is 0 Å². The molecule has 1 aliphatic heterocycles. The zero-order chi connectivity index (χ0) is 29.1. The van der Waals surface area contributed by atoms with Crippen LogP contribution in [0.1, 0.15) is 24.0 Å². The summed E-state index contributed by atoms with van der Waals surface area (Å²) in [7, 11) is 0. The molecule has 38 heavy (non-hydrogen) atoms. The van der Waals surface area contributed by atoms with Crippen LogP contribution < -0.4 is 22.5 Å². The van der Waals surface area contributed by atoms with E-state index in [0.717, 1.165) is 30.5 Å². The minimum atomic E-state index is -1.02. The average molecular weight is 537 g/mol. The molecule has 12 N–H and O–H groups in total. The standard InChI is InChI=1S/C9H11NO3.C9H11NO2.C5H9NO2.C2H5NO2/c10-8(9(12)13)5-6-1-3-7(11)4-2-6;10-8(9(11)12)6-7-4-2-1-3-5-7;7-5(8)4-2-1-3-6-4;3-1-2(4)5/h1-4,8,11H,5,10H2,(H,12,13);1-5,8H,6,10H2,(H,11,12);4,6H,1-3H2,(H,7,8);1,3H2,(H,4,5)/t2*8-;4-;/m000./s1. The van der Waals surface area contributed by atoms with Crippen molar-refractivity contribution in [1.82, 2.24) is 5.32 Å². The first-order valence-electron chi connectivity index (χ1n) is 11.5. The van der Waals surface area contributed by atoms with Crippen LogP contribution in [0.25, 0.3) is 0 Å². The van der Waals surface area contributed by atoms with E-state index in [9.17, 15) is 19.2 Å². The van der Waals surface area contributed by atoms with Gasteiger partial charge in [0.25, 0.3) is 0 Å². The molecule has 3 rings (SSSR count). The Balaban J connectivity index is 0.000000507. The molecular formula is C25H36N4O9. The number of carboxylic acid groups (broad SMARTS) is 4. The predicted octanol–water partition coefficient (Wildman–Crippen LogP) is -0.160. The van der Waals surface area contributed by atoms with Crippen molar-refractivity contribution in [1.29, 1.82) is 0 Å². The second-order valence-electron chi connectivity index (χ2n) is 8.03. The number of phenols is 1. The molecule has 1 saturated heterocycles. The van der Waals surface area contributed by atoms with Gasteiger partial charge in [0, 0.05) is 0 Å². The maximum absolute atomic E-state index is 10.4. The molecular weight excluding hydrogens is 500 g/mol. The van der Waals surface area contributed by atoms with Crippen molar-refractivity contribution in [2.45, 2.75) is 43.8 Å². The van der Waals surface area contributed by atoms with Gasteiger partial charge in [0.1, 0.15) is 23.9 Å². The van der Waals surface area contributed by atoms with Crippen LogP contribution in [0.3, 0.4) is 0 Å². The maximum atomic E-state index is 10.4. The van der Waals surface area contributed by atoms with Crippen molar-refractivity contribution in [3.63, 3.8) is 0 Å². The Kier molecular flexibility index (Phi) is 17.1. The van der Waals surface area contributed by atoms with E-state index in [1.807, 2.05) is 30.3 Å². The van der Waals surface area contributed by atoms with Crippen molar-refractivity contribution in [2.24, 2.45) is 17.2 Å². The molecule has 1 aliphatic rings. The summed E-state index contributed by atoms with van der Waals surface area (Å²) in [6, 6.07) is 13.7. The summed E-state index contributed by atoms with van der Waals surface area (Å²) in [5.41, 5.74) is 17.0. The van der Waals surface area contributed by atoms with Crippen LogP contribution in [0.4, 0.5) is 0 Å². The summed E-state index contributed by atoms with van der Waals surface area (Å²) in [6.07, 6.45) is 2.44. The van der Waals surface area contributed by atoms with E-state index in [1.54, 1.807) is 12.1 Å². The molecule has 0 bridgehead atoms. The lowest BCUT2D eigenvalue weighted by atomic mass is 10.1. The minimum Gasteiger partial charge on any atom is -0.508 e. The molecule has 0 amide bonds. The smallest absolute Gasteiger partial charge is 0.320 e. The van der Waals surface area contributed by atoms with E-state index < -0.39 is 36.0 Å². The van der Waals surface area contributed by atoms with Crippen LogP contribution in [0, 0.1) is 0 Å². The van der Waals surface area contributed by atoms with Gasteiger partial charge < -0.3 is 48.1 Å². The SMILES string of the molecule is NCC(=O)O.N[C@@H](Cc1ccc(O)cc1)C(=O)O.N[C@@H](Cc1ccccc1)C(=O)O.O=C(O)[C@@H]1CCCN1. The van der Waals surface area contributed by atoms with Crippen LogP contribution in [0.15, 0.2) is 54.6 Å². The molecule has 3 atom stereocenters. The predicted molar refractivity (Wildman–Crippen MR) is 139 cm³/mol. The van der Waals surface area contributed by atoms with Gasteiger partial charge in [-0.15, -0.1) is 0 Å². The van der Waals surface area contributed by atoms with E-state index in [1.165, 1.54) is 12.1 Å². The van der Waals surface area contributed by atoms with Crippen LogP contribution in [0.2, 0.25) is 0 Å². The first-order chi connectivity index (χ1) is 17.9. The second-order valence-corrected chi connectivity index (χ2v) is 8.03. The summed E-state index contributed by atoms with van der Waals surface area (Å²) in [5.74, 6) is -3.51. The van der Waals surface area contributed by atoms with E-state index in [-0.39, 0.29) is 24.8 Å². The summed E-state index contributed by atoms with van der Waals surface area (Å²) in [4.78, 5) is 40.2. The van der Waals surface area contributed by atoms with Crippen molar-refractivity contribution >= 4 is 23.9 Å². The Labute approximate surface area is 219 Å². The highest BCUT2D eigenvalue weighted by atomic mass is 16.4.